The summed E-state index contributed by atoms with van der Waals surface area (Å²) in [5.74, 6) is 0. The standard InChI is InChI=1S/C9H12N2O/c12-9(3-1-2-4-9)8-5-10-7-11-6-8/h5-7,12H,1-4H2. The normalized spacial score (nSPS) is 21.1. The van der Waals surface area contributed by atoms with Gasteiger partial charge >= 0.3 is 0 Å². The molecule has 1 aliphatic carbocycles. The fourth-order valence-electron chi connectivity index (χ4n) is 1.79. The highest BCUT2D eigenvalue weighted by atomic mass is 16.3. The number of rotatable bonds is 1. The quantitative estimate of drug-likeness (QED) is 0.679. The van der Waals surface area contributed by atoms with Gasteiger partial charge in [-0.2, -0.15) is 0 Å². The zero-order valence-corrected chi connectivity index (χ0v) is 6.90. The van der Waals surface area contributed by atoms with E-state index in [2.05, 4.69) is 9.97 Å². The summed E-state index contributed by atoms with van der Waals surface area (Å²) < 4.78 is 0. The van der Waals surface area contributed by atoms with Crippen molar-refractivity contribution in [3.63, 3.8) is 0 Å². The molecule has 3 nitrogen and oxygen atoms in total. The van der Waals surface area contributed by atoms with E-state index in [0.717, 1.165) is 31.2 Å². The van der Waals surface area contributed by atoms with Crippen LogP contribution in [-0.4, -0.2) is 15.1 Å². The van der Waals surface area contributed by atoms with Gasteiger partial charge in [0.1, 0.15) is 6.33 Å². The molecule has 64 valence electrons. The molecule has 0 radical (unpaired) electrons. The molecule has 1 N–H and O–H groups in total. The van der Waals surface area contributed by atoms with Crippen LogP contribution >= 0.6 is 0 Å². The maximum Gasteiger partial charge on any atom is 0.115 e. The molecule has 1 fully saturated rings. The van der Waals surface area contributed by atoms with Crippen molar-refractivity contribution in [3.8, 4) is 0 Å². The van der Waals surface area contributed by atoms with Crippen molar-refractivity contribution in [1.82, 2.24) is 9.97 Å². The molecule has 0 bridgehead atoms. The Kier molecular flexibility index (Phi) is 1.81. The van der Waals surface area contributed by atoms with Crippen molar-refractivity contribution in [1.29, 1.82) is 0 Å². The molecule has 0 aromatic carbocycles. The van der Waals surface area contributed by atoms with Gasteiger partial charge in [0.25, 0.3) is 0 Å². The molecule has 0 spiro atoms. The third-order valence-electron chi connectivity index (χ3n) is 2.53. The Hall–Kier alpha value is -0.960. The monoisotopic (exact) mass is 164 g/mol. The fraction of sp³-hybridized carbons (Fsp3) is 0.556. The molecule has 1 saturated carbocycles. The highest BCUT2D eigenvalue weighted by Gasteiger charge is 2.33. The number of aliphatic hydroxyl groups is 1. The Morgan fingerprint density at radius 1 is 1.17 bits per heavy atom. The maximum absolute atomic E-state index is 10.1. The molecule has 1 aromatic heterocycles. The van der Waals surface area contributed by atoms with Gasteiger partial charge in [-0.3, -0.25) is 0 Å². The van der Waals surface area contributed by atoms with Crippen LogP contribution in [0, 0.1) is 0 Å². The molecule has 0 aliphatic heterocycles. The van der Waals surface area contributed by atoms with Crippen LogP contribution < -0.4 is 0 Å². The van der Waals surface area contributed by atoms with Gasteiger partial charge in [0.05, 0.1) is 5.60 Å². The van der Waals surface area contributed by atoms with E-state index < -0.39 is 5.60 Å². The van der Waals surface area contributed by atoms with Crippen molar-refractivity contribution >= 4 is 0 Å². The third kappa shape index (κ3) is 1.20. The van der Waals surface area contributed by atoms with Gasteiger partial charge in [0.2, 0.25) is 0 Å². The first kappa shape index (κ1) is 7.68. The van der Waals surface area contributed by atoms with E-state index >= 15 is 0 Å². The lowest BCUT2D eigenvalue weighted by Crippen LogP contribution is -2.21. The molecule has 1 aromatic rings. The molecule has 0 atom stereocenters. The van der Waals surface area contributed by atoms with Gasteiger partial charge in [-0.1, -0.05) is 12.8 Å². The van der Waals surface area contributed by atoms with Gasteiger partial charge in [-0.25, -0.2) is 9.97 Å². The van der Waals surface area contributed by atoms with Gasteiger partial charge in [0, 0.05) is 18.0 Å². The van der Waals surface area contributed by atoms with Crippen LogP contribution in [0.5, 0.6) is 0 Å². The van der Waals surface area contributed by atoms with E-state index in [0.29, 0.717) is 0 Å². The predicted molar refractivity (Wildman–Crippen MR) is 44.4 cm³/mol. The molecule has 0 unspecified atom stereocenters. The number of nitrogens with zero attached hydrogens (tertiary/aromatic N) is 2. The maximum atomic E-state index is 10.1. The Balaban J connectivity index is 2.29. The Morgan fingerprint density at radius 3 is 2.33 bits per heavy atom. The summed E-state index contributed by atoms with van der Waals surface area (Å²) in [6, 6.07) is 0. The summed E-state index contributed by atoms with van der Waals surface area (Å²) in [5.41, 5.74) is 0.226. The van der Waals surface area contributed by atoms with Crippen LogP contribution in [-0.2, 0) is 5.60 Å². The smallest absolute Gasteiger partial charge is 0.115 e. The van der Waals surface area contributed by atoms with E-state index in [-0.39, 0.29) is 0 Å². The van der Waals surface area contributed by atoms with Crippen molar-refractivity contribution in [2.75, 3.05) is 0 Å². The summed E-state index contributed by atoms with van der Waals surface area (Å²) in [4.78, 5) is 7.81. The lowest BCUT2D eigenvalue weighted by Gasteiger charge is -2.20. The minimum absolute atomic E-state index is 0.638. The minimum Gasteiger partial charge on any atom is -0.385 e. The molecule has 1 heterocycles. The summed E-state index contributed by atoms with van der Waals surface area (Å²) >= 11 is 0. The Labute approximate surface area is 71.5 Å². The first-order valence-electron chi connectivity index (χ1n) is 4.29. The van der Waals surface area contributed by atoms with E-state index in [1.807, 2.05) is 0 Å². The van der Waals surface area contributed by atoms with Crippen molar-refractivity contribution in [2.45, 2.75) is 31.3 Å². The van der Waals surface area contributed by atoms with Crippen LogP contribution in [0.3, 0.4) is 0 Å². The highest BCUT2D eigenvalue weighted by molar-refractivity contribution is 5.15. The van der Waals surface area contributed by atoms with Crippen molar-refractivity contribution < 1.29 is 5.11 Å². The number of hydrogen-bond donors (Lipinski definition) is 1. The molecule has 12 heavy (non-hydrogen) atoms. The van der Waals surface area contributed by atoms with Crippen molar-refractivity contribution in [2.24, 2.45) is 0 Å². The zero-order valence-electron chi connectivity index (χ0n) is 6.90. The highest BCUT2D eigenvalue weighted by Crippen LogP contribution is 2.37. The van der Waals surface area contributed by atoms with Crippen LogP contribution in [0.15, 0.2) is 18.7 Å². The molecule has 3 heteroatoms. The van der Waals surface area contributed by atoms with Gasteiger partial charge in [0.15, 0.2) is 0 Å². The third-order valence-corrected chi connectivity index (χ3v) is 2.53. The second-order valence-corrected chi connectivity index (χ2v) is 3.37. The summed E-state index contributed by atoms with van der Waals surface area (Å²) in [5, 5.41) is 10.1. The molecule has 0 amide bonds. The van der Waals surface area contributed by atoms with Crippen molar-refractivity contribution in [3.05, 3.63) is 24.3 Å². The predicted octanol–water partition coefficient (Wildman–Crippen LogP) is 1.24. The van der Waals surface area contributed by atoms with E-state index in [1.165, 1.54) is 6.33 Å². The minimum atomic E-state index is -0.638. The van der Waals surface area contributed by atoms with Crippen LogP contribution in [0.2, 0.25) is 0 Å². The lowest BCUT2D eigenvalue weighted by atomic mass is 9.95. The average Bonchev–Trinajstić information content (AvgIpc) is 2.55. The second kappa shape index (κ2) is 2.83. The zero-order chi connectivity index (χ0) is 8.44. The van der Waals surface area contributed by atoms with E-state index in [4.69, 9.17) is 0 Å². The molecule has 0 saturated heterocycles. The second-order valence-electron chi connectivity index (χ2n) is 3.37. The van der Waals surface area contributed by atoms with Gasteiger partial charge in [-0.15, -0.1) is 0 Å². The fourth-order valence-corrected chi connectivity index (χ4v) is 1.79. The van der Waals surface area contributed by atoms with Crippen LogP contribution in [0.4, 0.5) is 0 Å². The van der Waals surface area contributed by atoms with E-state index in [9.17, 15) is 5.11 Å². The average molecular weight is 164 g/mol. The number of hydrogen-bond acceptors (Lipinski definition) is 3. The molecular formula is C9H12N2O. The van der Waals surface area contributed by atoms with Gasteiger partial charge < -0.3 is 5.11 Å². The molecule has 1 aliphatic rings. The summed E-state index contributed by atoms with van der Waals surface area (Å²) in [6.07, 6.45) is 8.80. The molecular weight excluding hydrogens is 152 g/mol. The largest absolute Gasteiger partial charge is 0.385 e. The molecule has 2 rings (SSSR count). The van der Waals surface area contributed by atoms with Crippen LogP contribution in [0.25, 0.3) is 0 Å². The first-order chi connectivity index (χ1) is 5.81. The van der Waals surface area contributed by atoms with Crippen LogP contribution in [0.1, 0.15) is 31.2 Å². The summed E-state index contributed by atoms with van der Waals surface area (Å²) in [6.45, 7) is 0. The first-order valence-corrected chi connectivity index (χ1v) is 4.29. The Bertz CT molecular complexity index is 254. The summed E-state index contributed by atoms with van der Waals surface area (Å²) in [7, 11) is 0. The lowest BCUT2D eigenvalue weighted by molar-refractivity contribution is 0.0437. The number of aromatic nitrogens is 2. The Morgan fingerprint density at radius 2 is 1.75 bits per heavy atom. The topological polar surface area (TPSA) is 46.0 Å². The van der Waals surface area contributed by atoms with Gasteiger partial charge in [-0.05, 0) is 12.8 Å². The van der Waals surface area contributed by atoms with E-state index in [1.54, 1.807) is 12.4 Å². The SMILES string of the molecule is OC1(c2cncnc2)CCCC1.